The van der Waals surface area contributed by atoms with Crippen molar-refractivity contribution >= 4 is 21.8 Å². The van der Waals surface area contributed by atoms with Crippen LogP contribution in [0.3, 0.4) is 0 Å². The molecule has 0 unspecified atom stereocenters. The predicted molar refractivity (Wildman–Crippen MR) is 87.9 cm³/mol. The number of ether oxygens (including phenoxy) is 1. The zero-order valence-corrected chi connectivity index (χ0v) is 14.2. The summed E-state index contributed by atoms with van der Waals surface area (Å²) in [6.07, 6.45) is 2.09. The van der Waals surface area contributed by atoms with E-state index in [1.165, 1.54) is 4.90 Å². The quantitative estimate of drug-likeness (QED) is 0.875. The minimum Gasteiger partial charge on any atom is -0.379 e. The molecule has 0 spiro atoms. The molecule has 3 rings (SSSR count). The average molecular weight is 342 g/mol. The predicted octanol–water partition coefficient (Wildman–Crippen LogP) is 1.34. The van der Waals surface area contributed by atoms with Crippen molar-refractivity contribution in [2.45, 2.75) is 22.6 Å². The zero-order chi connectivity index (χ0) is 15.4. The van der Waals surface area contributed by atoms with E-state index in [0.717, 1.165) is 57.0 Å². The third-order valence-electron chi connectivity index (χ3n) is 4.01. The lowest BCUT2D eigenvalue weighted by molar-refractivity contribution is 0.0390. The van der Waals surface area contributed by atoms with Gasteiger partial charge in [-0.25, -0.2) is 13.1 Å². The highest BCUT2D eigenvalue weighted by atomic mass is 32.2. The number of nitrogens with one attached hydrogen (secondary N) is 1. The molecule has 1 N–H and O–H groups in total. The van der Waals surface area contributed by atoms with Crippen LogP contribution < -0.4 is 4.72 Å². The van der Waals surface area contributed by atoms with Crippen LogP contribution in [0, 0.1) is 0 Å². The summed E-state index contributed by atoms with van der Waals surface area (Å²) < 4.78 is 32.8. The summed E-state index contributed by atoms with van der Waals surface area (Å²) in [4.78, 5) is 3.82. The summed E-state index contributed by atoms with van der Waals surface area (Å²) in [5.74, 6) is 1.12. The standard InChI is InChI=1S/C15H22N2O3S2/c18-22(19,16-5-6-17-7-9-20-10-8-17)14-3-4-15-13(12-14)2-1-11-21-15/h3-4,12,16H,1-2,5-11H2. The molecule has 0 saturated carbocycles. The van der Waals surface area contributed by atoms with Gasteiger partial charge in [0.1, 0.15) is 0 Å². The van der Waals surface area contributed by atoms with Crippen molar-refractivity contribution in [1.29, 1.82) is 0 Å². The van der Waals surface area contributed by atoms with Crippen LogP contribution in [0.2, 0.25) is 0 Å². The van der Waals surface area contributed by atoms with Crippen LogP contribution in [-0.2, 0) is 21.2 Å². The van der Waals surface area contributed by atoms with E-state index in [-0.39, 0.29) is 0 Å². The van der Waals surface area contributed by atoms with Crippen molar-refractivity contribution in [3.8, 4) is 0 Å². The minimum atomic E-state index is -3.41. The first-order chi connectivity index (χ1) is 10.6. The molecule has 1 aromatic rings. The Balaban J connectivity index is 1.60. The van der Waals surface area contributed by atoms with Crippen LogP contribution in [0.5, 0.6) is 0 Å². The SMILES string of the molecule is O=S(=O)(NCCN1CCOCC1)c1ccc2c(c1)CCCS2. The first-order valence-electron chi connectivity index (χ1n) is 7.71. The van der Waals surface area contributed by atoms with Gasteiger partial charge in [0.2, 0.25) is 10.0 Å². The molecular formula is C15H22N2O3S2. The Morgan fingerprint density at radius 1 is 1.27 bits per heavy atom. The van der Waals surface area contributed by atoms with Gasteiger partial charge in [-0.2, -0.15) is 0 Å². The van der Waals surface area contributed by atoms with E-state index in [1.54, 1.807) is 6.07 Å². The maximum Gasteiger partial charge on any atom is 0.240 e. The summed E-state index contributed by atoms with van der Waals surface area (Å²) in [6.45, 7) is 4.37. The van der Waals surface area contributed by atoms with Gasteiger partial charge in [-0.05, 0) is 42.4 Å². The van der Waals surface area contributed by atoms with E-state index in [9.17, 15) is 8.42 Å². The van der Waals surface area contributed by atoms with Crippen molar-refractivity contribution in [2.75, 3.05) is 45.1 Å². The second-order valence-electron chi connectivity index (χ2n) is 5.57. The van der Waals surface area contributed by atoms with Gasteiger partial charge >= 0.3 is 0 Å². The monoisotopic (exact) mass is 342 g/mol. The summed E-state index contributed by atoms with van der Waals surface area (Å²) in [7, 11) is -3.41. The molecule has 0 bridgehead atoms. The molecule has 1 fully saturated rings. The lowest BCUT2D eigenvalue weighted by Gasteiger charge is -2.26. The van der Waals surface area contributed by atoms with E-state index in [2.05, 4.69) is 9.62 Å². The Hall–Kier alpha value is -0.600. The maximum atomic E-state index is 12.4. The Kier molecular flexibility index (Phi) is 5.41. The molecule has 1 aromatic carbocycles. The molecular weight excluding hydrogens is 320 g/mol. The summed E-state index contributed by atoms with van der Waals surface area (Å²) in [5.41, 5.74) is 1.16. The fraction of sp³-hybridized carbons (Fsp3) is 0.600. The van der Waals surface area contributed by atoms with Crippen LogP contribution in [0.1, 0.15) is 12.0 Å². The molecule has 1 saturated heterocycles. The number of fused-ring (bicyclic) bond motifs is 1. The van der Waals surface area contributed by atoms with Gasteiger partial charge in [-0.3, -0.25) is 4.90 Å². The van der Waals surface area contributed by atoms with Gasteiger partial charge in [0.05, 0.1) is 18.1 Å². The Bertz CT molecular complexity index is 613. The third-order valence-corrected chi connectivity index (χ3v) is 6.67. The number of thioether (sulfide) groups is 1. The zero-order valence-electron chi connectivity index (χ0n) is 12.6. The first kappa shape index (κ1) is 16.3. The van der Waals surface area contributed by atoms with Crippen LogP contribution in [0.25, 0.3) is 0 Å². The van der Waals surface area contributed by atoms with Gasteiger partial charge < -0.3 is 4.74 Å². The van der Waals surface area contributed by atoms with E-state index >= 15 is 0 Å². The van der Waals surface area contributed by atoms with E-state index in [0.29, 0.717) is 11.4 Å². The van der Waals surface area contributed by atoms with Crippen molar-refractivity contribution in [3.63, 3.8) is 0 Å². The van der Waals surface area contributed by atoms with E-state index in [1.807, 2.05) is 23.9 Å². The first-order valence-corrected chi connectivity index (χ1v) is 10.2. The smallest absolute Gasteiger partial charge is 0.240 e. The second-order valence-corrected chi connectivity index (χ2v) is 8.48. The van der Waals surface area contributed by atoms with Crippen molar-refractivity contribution < 1.29 is 13.2 Å². The molecule has 0 aromatic heterocycles. The molecule has 22 heavy (non-hydrogen) atoms. The second kappa shape index (κ2) is 7.31. The highest BCUT2D eigenvalue weighted by molar-refractivity contribution is 7.99. The van der Waals surface area contributed by atoms with E-state index < -0.39 is 10.0 Å². The van der Waals surface area contributed by atoms with Crippen LogP contribution >= 0.6 is 11.8 Å². The topological polar surface area (TPSA) is 58.6 Å². The number of sulfonamides is 1. The van der Waals surface area contributed by atoms with Gasteiger partial charge in [0.15, 0.2) is 0 Å². The van der Waals surface area contributed by atoms with Crippen molar-refractivity contribution in [3.05, 3.63) is 23.8 Å². The summed E-state index contributed by atoms with van der Waals surface area (Å²) in [5, 5.41) is 0. The Labute approximate surface area is 136 Å². The molecule has 2 heterocycles. The molecule has 0 atom stereocenters. The molecule has 7 heteroatoms. The number of hydrogen-bond donors (Lipinski definition) is 1. The molecule has 0 aliphatic carbocycles. The fourth-order valence-corrected chi connectivity index (χ4v) is 4.84. The largest absolute Gasteiger partial charge is 0.379 e. The molecule has 2 aliphatic rings. The third kappa shape index (κ3) is 4.02. The van der Waals surface area contributed by atoms with Crippen LogP contribution in [0.4, 0.5) is 0 Å². The number of benzene rings is 1. The van der Waals surface area contributed by atoms with Gasteiger partial charge in [-0.15, -0.1) is 11.8 Å². The highest BCUT2D eigenvalue weighted by Crippen LogP contribution is 2.31. The Morgan fingerprint density at radius 2 is 2.09 bits per heavy atom. The van der Waals surface area contributed by atoms with Gasteiger partial charge in [0.25, 0.3) is 0 Å². The maximum absolute atomic E-state index is 12.4. The van der Waals surface area contributed by atoms with Gasteiger partial charge in [-0.1, -0.05) is 0 Å². The lowest BCUT2D eigenvalue weighted by atomic mass is 10.1. The number of rotatable bonds is 5. The normalized spacial score (nSPS) is 19.8. The molecule has 0 amide bonds. The summed E-state index contributed by atoms with van der Waals surface area (Å²) >= 11 is 1.81. The van der Waals surface area contributed by atoms with E-state index in [4.69, 9.17) is 4.74 Å². The van der Waals surface area contributed by atoms with Crippen molar-refractivity contribution in [1.82, 2.24) is 9.62 Å². The van der Waals surface area contributed by atoms with Crippen LogP contribution in [0.15, 0.2) is 28.0 Å². The number of aryl methyl sites for hydroxylation is 1. The minimum absolute atomic E-state index is 0.385. The van der Waals surface area contributed by atoms with Gasteiger partial charge in [0, 0.05) is 31.1 Å². The molecule has 0 radical (unpaired) electrons. The lowest BCUT2D eigenvalue weighted by Crippen LogP contribution is -2.41. The molecule has 2 aliphatic heterocycles. The average Bonchev–Trinajstić information content (AvgIpc) is 2.55. The Morgan fingerprint density at radius 3 is 2.91 bits per heavy atom. The fourth-order valence-electron chi connectivity index (χ4n) is 2.75. The molecule has 122 valence electrons. The number of hydrogen-bond acceptors (Lipinski definition) is 5. The number of nitrogens with zero attached hydrogens (tertiary/aromatic N) is 1. The van der Waals surface area contributed by atoms with Crippen LogP contribution in [-0.4, -0.2) is 58.5 Å². The highest BCUT2D eigenvalue weighted by Gasteiger charge is 2.18. The number of morpholine rings is 1. The van der Waals surface area contributed by atoms with Crippen molar-refractivity contribution in [2.24, 2.45) is 0 Å². The summed E-state index contributed by atoms with van der Waals surface area (Å²) in [6, 6.07) is 5.49. The molecule has 5 nitrogen and oxygen atoms in total.